The summed E-state index contributed by atoms with van der Waals surface area (Å²) in [7, 11) is 0. The molecule has 92 valence electrons. The van der Waals surface area contributed by atoms with Crippen molar-refractivity contribution >= 4 is 11.6 Å². The number of fused-ring (bicyclic) bond motifs is 1. The van der Waals surface area contributed by atoms with Crippen molar-refractivity contribution in [2.75, 3.05) is 13.2 Å². The van der Waals surface area contributed by atoms with Gasteiger partial charge < -0.3 is 10.1 Å². The Morgan fingerprint density at radius 2 is 1.94 bits per heavy atom. The summed E-state index contributed by atoms with van der Waals surface area (Å²) in [6, 6.07) is 11.7. The van der Waals surface area contributed by atoms with Gasteiger partial charge in [0.15, 0.2) is 0 Å². The summed E-state index contributed by atoms with van der Waals surface area (Å²) in [4.78, 5) is 4.57. The van der Waals surface area contributed by atoms with E-state index in [0.29, 0.717) is 6.61 Å². The van der Waals surface area contributed by atoms with Gasteiger partial charge in [0.2, 0.25) is 5.88 Å². The second-order valence-electron chi connectivity index (χ2n) is 4.19. The second kappa shape index (κ2) is 4.96. The molecule has 0 bridgehead atoms. The maximum absolute atomic E-state index is 5.88. The Morgan fingerprint density at radius 1 is 1.11 bits per heavy atom. The van der Waals surface area contributed by atoms with Gasteiger partial charge in [0.1, 0.15) is 6.61 Å². The molecule has 0 unspecified atom stereocenters. The summed E-state index contributed by atoms with van der Waals surface area (Å²) >= 11 is 5.88. The van der Waals surface area contributed by atoms with Crippen molar-refractivity contribution in [1.29, 1.82) is 0 Å². The molecule has 0 saturated carbocycles. The summed E-state index contributed by atoms with van der Waals surface area (Å²) < 4.78 is 5.63. The topological polar surface area (TPSA) is 34.1 Å². The fraction of sp³-hybridized carbons (Fsp3) is 0.214. The second-order valence-corrected chi connectivity index (χ2v) is 4.63. The summed E-state index contributed by atoms with van der Waals surface area (Å²) in [5, 5.41) is 4.02. The molecule has 0 atom stereocenters. The summed E-state index contributed by atoms with van der Waals surface area (Å²) in [5.74, 6) is 0.729. The van der Waals surface area contributed by atoms with Crippen molar-refractivity contribution < 1.29 is 4.74 Å². The van der Waals surface area contributed by atoms with Gasteiger partial charge in [0, 0.05) is 29.2 Å². The van der Waals surface area contributed by atoms with Crippen molar-refractivity contribution in [2.24, 2.45) is 0 Å². The minimum Gasteiger partial charge on any atom is -0.476 e. The summed E-state index contributed by atoms with van der Waals surface area (Å²) in [6.45, 7) is 2.32. The Labute approximate surface area is 111 Å². The zero-order valence-electron chi connectivity index (χ0n) is 9.82. The Balaban J connectivity index is 1.98. The van der Waals surface area contributed by atoms with E-state index in [1.54, 1.807) is 0 Å². The van der Waals surface area contributed by atoms with E-state index < -0.39 is 0 Å². The van der Waals surface area contributed by atoms with Crippen LogP contribution in [0.5, 0.6) is 5.88 Å². The Kier molecular flexibility index (Phi) is 3.17. The first-order valence-electron chi connectivity index (χ1n) is 5.92. The molecule has 2 heterocycles. The van der Waals surface area contributed by atoms with E-state index >= 15 is 0 Å². The van der Waals surface area contributed by atoms with E-state index in [1.807, 2.05) is 30.3 Å². The molecule has 0 radical (unpaired) electrons. The van der Waals surface area contributed by atoms with Crippen molar-refractivity contribution in [3.63, 3.8) is 0 Å². The Hall–Kier alpha value is -1.58. The molecule has 1 aliphatic heterocycles. The van der Waals surface area contributed by atoms with Gasteiger partial charge in [0.05, 0.1) is 5.69 Å². The number of benzene rings is 1. The maximum atomic E-state index is 5.88. The fourth-order valence-corrected chi connectivity index (χ4v) is 2.08. The first kappa shape index (κ1) is 11.5. The van der Waals surface area contributed by atoms with Gasteiger partial charge in [-0.3, -0.25) is 0 Å². The van der Waals surface area contributed by atoms with Gasteiger partial charge in [-0.05, 0) is 18.2 Å². The van der Waals surface area contributed by atoms with Crippen molar-refractivity contribution in [2.45, 2.75) is 6.54 Å². The lowest BCUT2D eigenvalue weighted by atomic mass is 10.1. The molecule has 1 aromatic heterocycles. The highest BCUT2D eigenvalue weighted by Crippen LogP contribution is 2.25. The number of aromatic nitrogens is 1. The molecule has 0 fully saturated rings. The SMILES string of the molecule is Clc1ccc(-c2ccc3c(n2)OCCNC3)cc1. The van der Waals surface area contributed by atoms with Crippen LogP contribution >= 0.6 is 11.6 Å². The molecule has 3 nitrogen and oxygen atoms in total. The quantitative estimate of drug-likeness (QED) is 0.856. The van der Waals surface area contributed by atoms with Crippen LogP contribution in [0, 0.1) is 0 Å². The molecule has 4 heteroatoms. The van der Waals surface area contributed by atoms with E-state index in [-0.39, 0.29) is 0 Å². The predicted octanol–water partition coefficient (Wildman–Crippen LogP) is 2.88. The van der Waals surface area contributed by atoms with Gasteiger partial charge in [-0.15, -0.1) is 0 Å². The first-order chi connectivity index (χ1) is 8.83. The molecule has 0 spiro atoms. The van der Waals surface area contributed by atoms with E-state index in [9.17, 15) is 0 Å². The molecule has 1 aromatic carbocycles. The molecule has 2 aromatic rings. The zero-order valence-corrected chi connectivity index (χ0v) is 10.6. The van der Waals surface area contributed by atoms with Crippen LogP contribution in [0.1, 0.15) is 5.56 Å². The van der Waals surface area contributed by atoms with Gasteiger partial charge in [-0.1, -0.05) is 29.8 Å². The molecule has 0 amide bonds. The van der Waals surface area contributed by atoms with Crippen LogP contribution in [-0.2, 0) is 6.54 Å². The molecule has 1 aliphatic rings. The number of pyridine rings is 1. The van der Waals surface area contributed by atoms with Crippen LogP contribution in [0.25, 0.3) is 11.3 Å². The van der Waals surface area contributed by atoms with E-state index in [2.05, 4.69) is 16.4 Å². The van der Waals surface area contributed by atoms with Crippen LogP contribution in [0.2, 0.25) is 5.02 Å². The van der Waals surface area contributed by atoms with Crippen LogP contribution in [-0.4, -0.2) is 18.1 Å². The minimum atomic E-state index is 0.657. The van der Waals surface area contributed by atoms with Crippen LogP contribution in [0.4, 0.5) is 0 Å². The van der Waals surface area contributed by atoms with Crippen LogP contribution < -0.4 is 10.1 Å². The number of rotatable bonds is 1. The third-order valence-electron chi connectivity index (χ3n) is 2.91. The van der Waals surface area contributed by atoms with Gasteiger partial charge in [0.25, 0.3) is 0 Å². The van der Waals surface area contributed by atoms with Gasteiger partial charge >= 0.3 is 0 Å². The lowest BCUT2D eigenvalue weighted by molar-refractivity contribution is 0.314. The monoisotopic (exact) mass is 260 g/mol. The number of nitrogens with one attached hydrogen (secondary N) is 1. The number of hydrogen-bond acceptors (Lipinski definition) is 3. The summed E-state index contributed by atoms with van der Waals surface area (Å²) in [6.07, 6.45) is 0. The largest absolute Gasteiger partial charge is 0.476 e. The smallest absolute Gasteiger partial charge is 0.218 e. The molecule has 18 heavy (non-hydrogen) atoms. The molecule has 1 N–H and O–H groups in total. The lowest BCUT2D eigenvalue weighted by Crippen LogP contribution is -2.16. The molecular weight excluding hydrogens is 248 g/mol. The standard InChI is InChI=1S/C14H13ClN2O/c15-12-4-1-10(2-5-12)13-6-3-11-9-16-7-8-18-14(11)17-13/h1-6,16H,7-9H2. The van der Waals surface area contributed by atoms with Gasteiger partial charge in [-0.2, -0.15) is 0 Å². The third kappa shape index (κ3) is 2.33. The van der Waals surface area contributed by atoms with Crippen molar-refractivity contribution in [3.05, 3.63) is 47.0 Å². The predicted molar refractivity (Wildman–Crippen MR) is 71.9 cm³/mol. The molecule has 0 saturated heterocycles. The van der Waals surface area contributed by atoms with E-state index in [0.717, 1.165) is 40.8 Å². The van der Waals surface area contributed by atoms with E-state index in [1.165, 1.54) is 0 Å². The number of nitrogens with zero attached hydrogens (tertiary/aromatic N) is 1. The molecule has 3 rings (SSSR count). The Bertz CT molecular complexity index is 554. The first-order valence-corrected chi connectivity index (χ1v) is 6.30. The van der Waals surface area contributed by atoms with E-state index in [4.69, 9.17) is 16.3 Å². The number of halogens is 1. The van der Waals surface area contributed by atoms with Gasteiger partial charge in [-0.25, -0.2) is 4.98 Å². The zero-order chi connectivity index (χ0) is 12.4. The van der Waals surface area contributed by atoms with Crippen molar-refractivity contribution in [1.82, 2.24) is 10.3 Å². The average Bonchev–Trinajstić information content (AvgIpc) is 2.64. The normalized spacial score (nSPS) is 14.5. The number of hydrogen-bond donors (Lipinski definition) is 1. The maximum Gasteiger partial charge on any atom is 0.218 e. The highest BCUT2D eigenvalue weighted by Gasteiger charge is 2.11. The Morgan fingerprint density at radius 3 is 2.78 bits per heavy atom. The van der Waals surface area contributed by atoms with Crippen LogP contribution in [0.15, 0.2) is 36.4 Å². The van der Waals surface area contributed by atoms with Crippen LogP contribution in [0.3, 0.4) is 0 Å². The molecular formula is C14H13ClN2O. The third-order valence-corrected chi connectivity index (χ3v) is 3.16. The molecule has 0 aliphatic carbocycles. The average molecular weight is 261 g/mol. The number of ether oxygens (including phenoxy) is 1. The van der Waals surface area contributed by atoms with Crippen molar-refractivity contribution in [3.8, 4) is 17.1 Å². The highest BCUT2D eigenvalue weighted by molar-refractivity contribution is 6.30. The lowest BCUT2D eigenvalue weighted by Gasteiger charge is -2.08. The minimum absolute atomic E-state index is 0.657. The highest BCUT2D eigenvalue weighted by atomic mass is 35.5. The fourth-order valence-electron chi connectivity index (χ4n) is 1.95. The summed E-state index contributed by atoms with van der Waals surface area (Å²) in [5.41, 5.74) is 3.06.